The first kappa shape index (κ1) is 19.9. The van der Waals surface area contributed by atoms with Gasteiger partial charge in [0.1, 0.15) is 0 Å². The molecule has 0 aliphatic carbocycles. The smallest absolute Gasteiger partial charge is 0.228 e. The van der Waals surface area contributed by atoms with Crippen molar-refractivity contribution in [2.75, 3.05) is 26.2 Å². The first-order chi connectivity index (χ1) is 12.7. The molecule has 2 aromatic rings. The van der Waals surface area contributed by atoms with Gasteiger partial charge in [0, 0.05) is 42.2 Å². The van der Waals surface area contributed by atoms with Crippen molar-refractivity contribution < 1.29 is 9.21 Å². The number of benzene rings is 1. The van der Waals surface area contributed by atoms with E-state index < -0.39 is 0 Å². The van der Waals surface area contributed by atoms with Crippen molar-refractivity contribution in [2.45, 2.75) is 40.7 Å². The molecule has 1 amide bonds. The van der Waals surface area contributed by atoms with Crippen molar-refractivity contribution in [1.29, 1.82) is 0 Å². The molecule has 0 spiro atoms. The lowest BCUT2D eigenvalue weighted by Gasteiger charge is -2.39. The Bertz CT molecular complexity index is 800. The molecule has 1 aromatic carbocycles. The summed E-state index contributed by atoms with van der Waals surface area (Å²) in [5.41, 5.74) is 1.52. The molecule has 27 heavy (non-hydrogen) atoms. The van der Waals surface area contributed by atoms with E-state index in [-0.39, 0.29) is 17.4 Å². The molecule has 146 valence electrons. The fourth-order valence-electron chi connectivity index (χ4n) is 3.41. The molecule has 2 heterocycles. The van der Waals surface area contributed by atoms with Gasteiger partial charge in [0.2, 0.25) is 11.8 Å². The summed E-state index contributed by atoms with van der Waals surface area (Å²) in [6.45, 7) is 13.1. The maximum Gasteiger partial charge on any atom is 0.228 e. The number of aryl methyl sites for hydroxylation is 1. The average molecular weight is 390 g/mol. The predicted molar refractivity (Wildman–Crippen MR) is 108 cm³/mol. The molecule has 6 heteroatoms. The van der Waals surface area contributed by atoms with E-state index in [1.807, 2.05) is 56.9 Å². The van der Waals surface area contributed by atoms with Crippen LogP contribution >= 0.6 is 11.6 Å². The third-order valence-corrected chi connectivity index (χ3v) is 5.32. The summed E-state index contributed by atoms with van der Waals surface area (Å²) in [5, 5.41) is 0.701. The van der Waals surface area contributed by atoms with Gasteiger partial charge in [0.15, 0.2) is 5.76 Å². The highest BCUT2D eigenvalue weighted by Gasteiger charge is 2.32. The van der Waals surface area contributed by atoms with Gasteiger partial charge in [0.05, 0.1) is 11.7 Å². The van der Waals surface area contributed by atoms with Crippen LogP contribution in [0.2, 0.25) is 5.02 Å². The Morgan fingerprint density at radius 2 is 1.74 bits per heavy atom. The van der Waals surface area contributed by atoms with E-state index in [4.69, 9.17) is 16.0 Å². The molecular weight excluding hydrogens is 362 g/mol. The van der Waals surface area contributed by atoms with Gasteiger partial charge in [-0.3, -0.25) is 9.69 Å². The number of hydrogen-bond acceptors (Lipinski definition) is 4. The van der Waals surface area contributed by atoms with Gasteiger partial charge in [-0.2, -0.15) is 0 Å². The zero-order valence-corrected chi connectivity index (χ0v) is 17.5. The maximum atomic E-state index is 12.5. The summed E-state index contributed by atoms with van der Waals surface area (Å²) in [6, 6.07) is 7.67. The van der Waals surface area contributed by atoms with E-state index in [1.54, 1.807) is 0 Å². The van der Waals surface area contributed by atoms with Gasteiger partial charge in [-0.05, 0) is 38.1 Å². The van der Waals surface area contributed by atoms with E-state index in [9.17, 15) is 4.79 Å². The summed E-state index contributed by atoms with van der Waals surface area (Å²) in [7, 11) is 0. The average Bonchev–Trinajstić information content (AvgIpc) is 3.02. The minimum atomic E-state index is -0.332. The molecule has 1 unspecified atom stereocenters. The van der Waals surface area contributed by atoms with Crippen molar-refractivity contribution in [3.05, 3.63) is 40.9 Å². The lowest BCUT2D eigenvalue weighted by molar-refractivity contribution is -0.141. The van der Waals surface area contributed by atoms with Gasteiger partial charge in [-0.1, -0.05) is 32.4 Å². The second-order valence-electron chi connectivity index (χ2n) is 8.23. The largest absolute Gasteiger partial charge is 0.439 e. The molecule has 0 saturated carbocycles. The first-order valence-electron chi connectivity index (χ1n) is 9.43. The topological polar surface area (TPSA) is 49.6 Å². The van der Waals surface area contributed by atoms with Crippen LogP contribution in [0.4, 0.5) is 0 Å². The van der Waals surface area contributed by atoms with Gasteiger partial charge < -0.3 is 9.32 Å². The van der Waals surface area contributed by atoms with E-state index >= 15 is 0 Å². The Morgan fingerprint density at radius 3 is 2.30 bits per heavy atom. The number of halogens is 1. The molecular formula is C21H28ClN3O2. The summed E-state index contributed by atoms with van der Waals surface area (Å²) >= 11 is 5.98. The van der Waals surface area contributed by atoms with Crippen molar-refractivity contribution in [2.24, 2.45) is 5.41 Å². The quantitative estimate of drug-likeness (QED) is 0.772. The Morgan fingerprint density at radius 1 is 1.15 bits per heavy atom. The number of carbonyl (C=O) groups excluding carboxylic acids is 1. The van der Waals surface area contributed by atoms with E-state index in [2.05, 4.69) is 16.8 Å². The molecule has 1 aromatic heterocycles. The summed E-state index contributed by atoms with van der Waals surface area (Å²) in [4.78, 5) is 21.4. The minimum absolute atomic E-state index is 0.0663. The van der Waals surface area contributed by atoms with Crippen LogP contribution < -0.4 is 0 Å². The van der Waals surface area contributed by atoms with Gasteiger partial charge >= 0.3 is 0 Å². The van der Waals surface area contributed by atoms with Crippen LogP contribution in [-0.2, 0) is 4.79 Å². The molecule has 1 atom stereocenters. The Labute approximate surface area is 166 Å². The van der Waals surface area contributed by atoms with Crippen LogP contribution in [0, 0.1) is 12.3 Å². The fraction of sp³-hybridized carbons (Fsp3) is 0.524. The van der Waals surface area contributed by atoms with Crippen LogP contribution in [-0.4, -0.2) is 46.9 Å². The SMILES string of the molecule is Cc1nc(C(C)N2CCN(C(=O)C(C)(C)C)CC2)oc1-c1ccc(Cl)cc1. The van der Waals surface area contributed by atoms with Crippen LogP contribution in [0.3, 0.4) is 0 Å². The number of carbonyl (C=O) groups is 1. The Balaban J connectivity index is 1.69. The van der Waals surface area contributed by atoms with Crippen LogP contribution in [0.15, 0.2) is 28.7 Å². The van der Waals surface area contributed by atoms with Crippen molar-refractivity contribution in [1.82, 2.24) is 14.8 Å². The summed E-state index contributed by atoms with van der Waals surface area (Å²) < 4.78 is 6.11. The molecule has 3 rings (SSSR count). The first-order valence-corrected chi connectivity index (χ1v) is 9.81. The maximum absolute atomic E-state index is 12.5. The number of aromatic nitrogens is 1. The summed E-state index contributed by atoms with van der Waals surface area (Å²) in [5.74, 6) is 1.72. The number of oxazole rings is 1. The molecule has 1 aliphatic rings. The Kier molecular flexibility index (Phi) is 5.63. The highest BCUT2D eigenvalue weighted by molar-refractivity contribution is 6.30. The van der Waals surface area contributed by atoms with Gasteiger partial charge in [0.25, 0.3) is 0 Å². The third kappa shape index (κ3) is 4.36. The number of nitrogens with zero attached hydrogens (tertiary/aromatic N) is 3. The number of rotatable bonds is 3. The van der Waals surface area contributed by atoms with E-state index in [1.165, 1.54) is 0 Å². The predicted octanol–water partition coefficient (Wildman–Crippen LogP) is 4.55. The molecule has 0 radical (unpaired) electrons. The van der Waals surface area contributed by atoms with Gasteiger partial charge in [-0.25, -0.2) is 4.98 Å². The van der Waals surface area contributed by atoms with Crippen molar-refractivity contribution in [3.63, 3.8) is 0 Å². The molecule has 1 fully saturated rings. The fourth-order valence-corrected chi connectivity index (χ4v) is 3.53. The normalized spacial score (nSPS) is 17.2. The van der Waals surface area contributed by atoms with Gasteiger partial charge in [-0.15, -0.1) is 0 Å². The van der Waals surface area contributed by atoms with Crippen LogP contribution in [0.5, 0.6) is 0 Å². The van der Waals surface area contributed by atoms with Crippen molar-refractivity contribution >= 4 is 17.5 Å². The highest BCUT2D eigenvalue weighted by Crippen LogP contribution is 2.30. The standard InChI is InChI=1S/C21H28ClN3O2/c1-14-18(16-6-8-17(22)9-7-16)27-19(23-14)15(2)24-10-12-25(13-11-24)20(26)21(3,4)5/h6-9,15H,10-13H2,1-5H3. The molecule has 0 bridgehead atoms. The third-order valence-electron chi connectivity index (χ3n) is 5.07. The summed E-state index contributed by atoms with van der Waals surface area (Å²) in [6.07, 6.45) is 0. The van der Waals surface area contributed by atoms with Crippen molar-refractivity contribution in [3.8, 4) is 11.3 Å². The monoisotopic (exact) mass is 389 g/mol. The zero-order valence-electron chi connectivity index (χ0n) is 16.8. The Hall–Kier alpha value is -1.85. The highest BCUT2D eigenvalue weighted by atomic mass is 35.5. The number of piperazine rings is 1. The van der Waals surface area contributed by atoms with E-state index in [0.717, 1.165) is 43.2 Å². The second kappa shape index (κ2) is 7.64. The molecule has 1 aliphatic heterocycles. The molecule has 0 N–H and O–H groups in total. The lowest BCUT2D eigenvalue weighted by Crippen LogP contribution is -2.52. The molecule has 5 nitrogen and oxygen atoms in total. The second-order valence-corrected chi connectivity index (χ2v) is 8.66. The van der Waals surface area contributed by atoms with Crippen LogP contribution in [0.25, 0.3) is 11.3 Å². The molecule has 1 saturated heterocycles. The lowest BCUT2D eigenvalue weighted by atomic mass is 9.94. The van der Waals surface area contributed by atoms with Crippen LogP contribution in [0.1, 0.15) is 45.3 Å². The van der Waals surface area contributed by atoms with E-state index in [0.29, 0.717) is 10.9 Å². The minimum Gasteiger partial charge on any atom is -0.439 e. The number of amides is 1. The number of hydrogen-bond donors (Lipinski definition) is 0. The zero-order chi connectivity index (χ0) is 19.8.